The lowest BCUT2D eigenvalue weighted by molar-refractivity contribution is -0.139. The first-order valence-electron chi connectivity index (χ1n) is 11.8. The zero-order chi connectivity index (χ0) is 29.7. The number of pyridine rings is 1. The van der Waals surface area contributed by atoms with Gasteiger partial charge in [-0.2, -0.15) is 5.26 Å². The molecule has 1 aliphatic heterocycles. The summed E-state index contributed by atoms with van der Waals surface area (Å²) in [6.07, 6.45) is 1.33. The SMILES string of the molecule is CCc1nc2c(F)cc(N3C(=S)N(c4ccc(C#N)c(C(C)(F)F)c4)C(=O)C3(C)C)cn2c(=O)c1OCC(=O)O. The van der Waals surface area contributed by atoms with Gasteiger partial charge in [0.15, 0.2) is 23.2 Å². The molecule has 0 bridgehead atoms. The molecule has 10 nitrogen and oxygen atoms in total. The number of nitrogens with zero attached hydrogens (tertiary/aromatic N) is 5. The number of carbonyl (C=O) groups is 2. The molecule has 1 N–H and O–H groups in total. The number of amides is 1. The monoisotopic (exact) mass is 573 g/mol. The molecule has 208 valence electrons. The Balaban J connectivity index is 1.87. The van der Waals surface area contributed by atoms with Gasteiger partial charge in [-0.1, -0.05) is 6.92 Å². The van der Waals surface area contributed by atoms with Gasteiger partial charge in [0, 0.05) is 24.8 Å². The molecule has 3 heterocycles. The molecule has 3 aromatic rings. The van der Waals surface area contributed by atoms with Crippen LogP contribution in [0.2, 0.25) is 0 Å². The first-order valence-corrected chi connectivity index (χ1v) is 12.2. The van der Waals surface area contributed by atoms with Crippen LogP contribution >= 0.6 is 12.2 Å². The number of carboxylic acid groups (broad SMARTS) is 1. The van der Waals surface area contributed by atoms with Gasteiger partial charge in [-0.15, -0.1) is 0 Å². The van der Waals surface area contributed by atoms with Crippen LogP contribution in [0.5, 0.6) is 5.75 Å². The van der Waals surface area contributed by atoms with Gasteiger partial charge in [0.1, 0.15) is 5.54 Å². The summed E-state index contributed by atoms with van der Waals surface area (Å²) in [5, 5.41) is 18.0. The molecule has 4 rings (SSSR count). The summed E-state index contributed by atoms with van der Waals surface area (Å²) in [4.78, 5) is 44.1. The van der Waals surface area contributed by atoms with E-state index < -0.39 is 46.9 Å². The molecule has 2 aromatic heterocycles. The van der Waals surface area contributed by atoms with Crippen molar-refractivity contribution in [1.82, 2.24) is 9.38 Å². The summed E-state index contributed by atoms with van der Waals surface area (Å²) >= 11 is 5.55. The third-order valence-corrected chi connectivity index (χ3v) is 6.71. The minimum Gasteiger partial charge on any atom is -0.479 e. The molecule has 1 amide bonds. The fraction of sp³-hybridized carbons (Fsp3) is 0.308. The Kier molecular flexibility index (Phi) is 7.06. The molecule has 1 aliphatic rings. The number of anilines is 2. The van der Waals surface area contributed by atoms with E-state index in [0.717, 1.165) is 27.5 Å². The van der Waals surface area contributed by atoms with Crippen molar-refractivity contribution >= 4 is 46.2 Å². The van der Waals surface area contributed by atoms with Crippen molar-refractivity contribution in [2.45, 2.75) is 45.6 Å². The Labute approximate surface area is 230 Å². The zero-order valence-corrected chi connectivity index (χ0v) is 22.5. The van der Waals surface area contributed by atoms with Crippen molar-refractivity contribution in [3.63, 3.8) is 0 Å². The average Bonchev–Trinajstić information content (AvgIpc) is 3.05. The van der Waals surface area contributed by atoms with E-state index in [1.807, 2.05) is 0 Å². The number of aliphatic carboxylic acids is 1. The van der Waals surface area contributed by atoms with Crippen LogP contribution in [0, 0.1) is 17.1 Å². The Hall–Kier alpha value is -4.51. The van der Waals surface area contributed by atoms with Gasteiger partial charge in [0.2, 0.25) is 5.75 Å². The second-order valence-electron chi connectivity index (χ2n) is 9.52. The van der Waals surface area contributed by atoms with Crippen molar-refractivity contribution in [1.29, 1.82) is 5.26 Å². The number of ether oxygens (including phenoxy) is 1. The van der Waals surface area contributed by atoms with Crippen LogP contribution in [-0.2, 0) is 21.9 Å². The van der Waals surface area contributed by atoms with Crippen LogP contribution in [-0.4, -0.2) is 43.6 Å². The van der Waals surface area contributed by atoms with Crippen LogP contribution < -0.4 is 20.1 Å². The average molecular weight is 574 g/mol. The molecule has 1 saturated heterocycles. The number of thiocarbonyl (C=S) groups is 1. The van der Waals surface area contributed by atoms with E-state index in [9.17, 15) is 28.4 Å². The van der Waals surface area contributed by atoms with E-state index in [1.54, 1.807) is 13.0 Å². The topological polar surface area (TPSA) is 128 Å². The number of aromatic nitrogens is 2. The van der Waals surface area contributed by atoms with Crippen molar-refractivity contribution in [2.24, 2.45) is 0 Å². The smallest absolute Gasteiger partial charge is 0.341 e. The number of carbonyl (C=O) groups excluding carboxylic acids is 1. The van der Waals surface area contributed by atoms with Crippen LogP contribution in [0.1, 0.15) is 44.5 Å². The molecule has 0 radical (unpaired) electrons. The quantitative estimate of drug-likeness (QED) is 0.420. The minimum atomic E-state index is -3.39. The Morgan fingerprint density at radius 3 is 2.50 bits per heavy atom. The minimum absolute atomic E-state index is 0.0295. The maximum absolute atomic E-state index is 15.4. The Morgan fingerprint density at radius 2 is 1.93 bits per heavy atom. The molecule has 0 atom stereocenters. The maximum atomic E-state index is 15.4. The lowest BCUT2D eigenvalue weighted by Gasteiger charge is -2.29. The third-order valence-electron chi connectivity index (χ3n) is 6.35. The molecular weight excluding hydrogens is 551 g/mol. The molecule has 0 spiro atoms. The number of halogens is 3. The van der Waals surface area contributed by atoms with Crippen LogP contribution in [0.4, 0.5) is 24.5 Å². The number of rotatable bonds is 7. The predicted octanol–water partition coefficient (Wildman–Crippen LogP) is 3.76. The third kappa shape index (κ3) is 4.62. The van der Waals surface area contributed by atoms with Gasteiger partial charge in [0.25, 0.3) is 11.8 Å². The van der Waals surface area contributed by atoms with Crippen molar-refractivity contribution < 1.29 is 32.6 Å². The second kappa shape index (κ2) is 9.91. The normalized spacial score (nSPS) is 15.1. The van der Waals surface area contributed by atoms with Gasteiger partial charge in [-0.25, -0.2) is 22.9 Å². The van der Waals surface area contributed by atoms with Gasteiger partial charge in [-0.3, -0.25) is 18.9 Å². The highest BCUT2D eigenvalue weighted by atomic mass is 32.1. The first-order chi connectivity index (χ1) is 18.6. The van der Waals surface area contributed by atoms with E-state index in [-0.39, 0.29) is 45.6 Å². The lowest BCUT2D eigenvalue weighted by Crippen LogP contribution is -2.44. The number of aryl methyl sites for hydroxylation is 1. The van der Waals surface area contributed by atoms with Crippen molar-refractivity contribution in [3.05, 3.63) is 63.5 Å². The number of benzene rings is 1. The maximum Gasteiger partial charge on any atom is 0.341 e. The second-order valence-corrected chi connectivity index (χ2v) is 9.88. The van der Waals surface area contributed by atoms with E-state index in [1.165, 1.54) is 31.0 Å². The molecule has 0 aliphatic carbocycles. The number of fused-ring (bicyclic) bond motifs is 1. The highest BCUT2D eigenvalue weighted by Crippen LogP contribution is 2.39. The number of alkyl halides is 2. The number of carboxylic acids is 1. The van der Waals surface area contributed by atoms with Gasteiger partial charge in [0.05, 0.1) is 28.7 Å². The van der Waals surface area contributed by atoms with E-state index in [4.69, 9.17) is 22.1 Å². The Bertz CT molecular complexity index is 1690. The number of nitriles is 1. The molecule has 1 aromatic carbocycles. The van der Waals surface area contributed by atoms with E-state index in [0.29, 0.717) is 6.92 Å². The number of hydrogen-bond donors (Lipinski definition) is 1. The molecule has 1 fully saturated rings. The Morgan fingerprint density at radius 1 is 1.25 bits per heavy atom. The van der Waals surface area contributed by atoms with Crippen LogP contribution in [0.25, 0.3) is 5.65 Å². The summed E-state index contributed by atoms with van der Waals surface area (Å²) in [5.41, 5.74) is -3.60. The molecule has 14 heteroatoms. The predicted molar refractivity (Wildman–Crippen MR) is 141 cm³/mol. The fourth-order valence-electron chi connectivity index (χ4n) is 4.44. The fourth-order valence-corrected chi connectivity index (χ4v) is 4.96. The van der Waals surface area contributed by atoms with Crippen molar-refractivity contribution in [3.8, 4) is 11.8 Å². The molecular formula is C26H22F3N5O5S. The van der Waals surface area contributed by atoms with Crippen LogP contribution in [0.3, 0.4) is 0 Å². The summed E-state index contributed by atoms with van der Waals surface area (Å²) in [5.74, 6) is -6.67. The summed E-state index contributed by atoms with van der Waals surface area (Å²) in [7, 11) is 0. The van der Waals surface area contributed by atoms with Crippen LogP contribution in [0.15, 0.2) is 35.3 Å². The molecule has 0 saturated carbocycles. The number of hydrogen-bond acceptors (Lipinski definition) is 7. The first kappa shape index (κ1) is 28.5. The largest absolute Gasteiger partial charge is 0.479 e. The lowest BCUT2D eigenvalue weighted by atomic mass is 10.0. The highest BCUT2D eigenvalue weighted by Gasteiger charge is 2.51. The molecule has 0 unspecified atom stereocenters. The van der Waals surface area contributed by atoms with E-state index >= 15 is 4.39 Å². The van der Waals surface area contributed by atoms with Gasteiger partial charge < -0.3 is 14.7 Å². The van der Waals surface area contributed by atoms with E-state index in [2.05, 4.69) is 4.98 Å². The standard InChI is InChI=1S/C26H22F3N5O5S/c1-5-18-20(39-12-19(35)36)22(37)32-11-15(9-17(27)21(32)31-18)34-24(40)33(23(38)25(34,2)3)14-7-6-13(10-30)16(8-14)26(4,28)29/h6-9,11H,5,12H2,1-4H3,(H,35,36). The van der Waals surface area contributed by atoms with Gasteiger partial charge >= 0.3 is 11.5 Å². The summed E-state index contributed by atoms with van der Waals surface area (Å²) in [6, 6.07) is 6.17. The highest BCUT2D eigenvalue weighted by molar-refractivity contribution is 7.81. The van der Waals surface area contributed by atoms with Crippen molar-refractivity contribution in [2.75, 3.05) is 16.4 Å². The summed E-state index contributed by atoms with van der Waals surface area (Å²) in [6.45, 7) is 4.38. The molecule has 40 heavy (non-hydrogen) atoms. The van der Waals surface area contributed by atoms with Gasteiger partial charge in [-0.05, 0) is 50.7 Å². The summed E-state index contributed by atoms with van der Waals surface area (Å²) < 4.78 is 49.8. The zero-order valence-electron chi connectivity index (χ0n) is 21.7.